The maximum Gasteiger partial charge on any atom is 0.238 e. The molecule has 0 radical (unpaired) electrons. The summed E-state index contributed by atoms with van der Waals surface area (Å²) in [7, 11) is 0. The molecule has 3 nitrogen and oxygen atoms in total. The molecule has 21 heavy (non-hydrogen) atoms. The van der Waals surface area contributed by atoms with Crippen molar-refractivity contribution >= 4 is 34.5 Å². The van der Waals surface area contributed by atoms with Crippen LogP contribution in [0, 0.1) is 6.92 Å². The van der Waals surface area contributed by atoms with Crippen LogP contribution in [-0.2, 0) is 11.3 Å². The number of likely N-dealkylation sites (N-methyl/N-ethyl adjacent to an activating group) is 1. The number of carbonyl (C=O) groups excluding carboxylic acids is 1. The molecule has 1 amide bonds. The summed E-state index contributed by atoms with van der Waals surface area (Å²) < 4.78 is 0. The molecule has 0 spiro atoms. The Bertz CT molecular complexity index is 598. The number of thiophene rings is 1. The van der Waals surface area contributed by atoms with Gasteiger partial charge in [0, 0.05) is 22.1 Å². The van der Waals surface area contributed by atoms with E-state index in [4.69, 9.17) is 11.6 Å². The summed E-state index contributed by atoms with van der Waals surface area (Å²) in [4.78, 5) is 15.6. The topological polar surface area (TPSA) is 32.3 Å². The van der Waals surface area contributed by atoms with Crippen molar-refractivity contribution in [3.05, 3.63) is 51.2 Å². The van der Waals surface area contributed by atoms with Crippen molar-refractivity contribution < 1.29 is 4.79 Å². The molecule has 112 valence electrons. The first-order valence-corrected chi connectivity index (χ1v) is 8.15. The number of nitrogens with one attached hydrogen (secondary N) is 1. The Morgan fingerprint density at radius 3 is 2.81 bits per heavy atom. The van der Waals surface area contributed by atoms with Crippen molar-refractivity contribution in [3.8, 4) is 0 Å². The van der Waals surface area contributed by atoms with E-state index in [1.165, 1.54) is 4.88 Å². The summed E-state index contributed by atoms with van der Waals surface area (Å²) in [5, 5.41) is 5.68. The lowest BCUT2D eigenvalue weighted by atomic mass is 10.2. The van der Waals surface area contributed by atoms with Crippen molar-refractivity contribution in [3.63, 3.8) is 0 Å². The fraction of sp³-hybridized carbons (Fsp3) is 0.312. The third-order valence-corrected chi connectivity index (χ3v) is 4.33. The number of hydrogen-bond acceptors (Lipinski definition) is 3. The first kappa shape index (κ1) is 16.0. The van der Waals surface area contributed by atoms with Crippen molar-refractivity contribution in [2.75, 3.05) is 18.4 Å². The Hall–Kier alpha value is -1.36. The quantitative estimate of drug-likeness (QED) is 0.865. The molecule has 2 rings (SSSR count). The summed E-state index contributed by atoms with van der Waals surface area (Å²) in [6, 6.07) is 9.60. The van der Waals surface area contributed by atoms with Gasteiger partial charge in [-0.2, -0.15) is 0 Å². The number of aryl methyl sites for hydroxylation is 1. The van der Waals surface area contributed by atoms with Gasteiger partial charge in [-0.05, 0) is 48.7 Å². The maximum atomic E-state index is 12.2. The second-order valence-corrected chi connectivity index (χ2v) is 6.36. The lowest BCUT2D eigenvalue weighted by Gasteiger charge is -2.19. The van der Waals surface area contributed by atoms with Gasteiger partial charge in [0.25, 0.3) is 0 Å². The van der Waals surface area contributed by atoms with Crippen LogP contribution in [0.15, 0.2) is 35.7 Å². The van der Waals surface area contributed by atoms with Crippen LogP contribution in [0.3, 0.4) is 0 Å². The molecule has 0 aliphatic carbocycles. The molecule has 1 aromatic heterocycles. The third-order valence-electron chi connectivity index (χ3n) is 3.24. The Morgan fingerprint density at radius 1 is 1.38 bits per heavy atom. The van der Waals surface area contributed by atoms with Gasteiger partial charge in [-0.25, -0.2) is 0 Å². The van der Waals surface area contributed by atoms with Crippen LogP contribution in [-0.4, -0.2) is 23.9 Å². The highest BCUT2D eigenvalue weighted by molar-refractivity contribution is 7.09. The number of nitrogens with zero attached hydrogens (tertiary/aromatic N) is 1. The van der Waals surface area contributed by atoms with Crippen molar-refractivity contribution in [1.82, 2.24) is 4.90 Å². The van der Waals surface area contributed by atoms with E-state index in [9.17, 15) is 4.79 Å². The molecular formula is C16H19ClN2OS. The van der Waals surface area contributed by atoms with Crippen LogP contribution in [0.2, 0.25) is 5.02 Å². The molecular weight excluding hydrogens is 304 g/mol. The zero-order valence-corrected chi connectivity index (χ0v) is 13.8. The van der Waals surface area contributed by atoms with Crippen molar-refractivity contribution in [2.45, 2.75) is 20.4 Å². The molecule has 0 unspecified atom stereocenters. The minimum absolute atomic E-state index is 0.00108. The maximum absolute atomic E-state index is 12.2. The molecule has 0 atom stereocenters. The monoisotopic (exact) mass is 322 g/mol. The molecule has 0 saturated heterocycles. The normalized spacial score (nSPS) is 10.9. The summed E-state index contributed by atoms with van der Waals surface area (Å²) in [5.41, 5.74) is 1.79. The molecule has 0 fully saturated rings. The van der Waals surface area contributed by atoms with Crippen molar-refractivity contribution in [2.24, 2.45) is 0 Å². The lowest BCUT2D eigenvalue weighted by molar-refractivity contribution is -0.117. The van der Waals surface area contributed by atoms with Crippen LogP contribution >= 0.6 is 22.9 Å². The van der Waals surface area contributed by atoms with E-state index in [1.807, 2.05) is 25.1 Å². The number of benzene rings is 1. The largest absolute Gasteiger partial charge is 0.325 e. The zero-order valence-electron chi connectivity index (χ0n) is 12.2. The zero-order chi connectivity index (χ0) is 15.2. The third kappa shape index (κ3) is 4.84. The Kier molecular flexibility index (Phi) is 5.79. The highest BCUT2D eigenvalue weighted by atomic mass is 35.5. The van der Waals surface area contributed by atoms with Crippen molar-refractivity contribution in [1.29, 1.82) is 0 Å². The number of halogens is 1. The Labute approximate surface area is 134 Å². The van der Waals surface area contributed by atoms with Gasteiger partial charge in [0.05, 0.1) is 6.54 Å². The highest BCUT2D eigenvalue weighted by Gasteiger charge is 2.11. The first-order chi connectivity index (χ1) is 10.1. The van der Waals surface area contributed by atoms with Gasteiger partial charge in [0.2, 0.25) is 5.91 Å². The Balaban J connectivity index is 1.93. The average molecular weight is 323 g/mol. The van der Waals surface area contributed by atoms with Crippen LogP contribution in [0.1, 0.15) is 17.4 Å². The second-order valence-electron chi connectivity index (χ2n) is 4.89. The van der Waals surface area contributed by atoms with E-state index >= 15 is 0 Å². The summed E-state index contributed by atoms with van der Waals surface area (Å²) >= 11 is 7.63. The van der Waals surface area contributed by atoms with Gasteiger partial charge in [0.15, 0.2) is 0 Å². The molecule has 2 aromatic rings. The SMILES string of the molecule is CCN(CC(=O)Nc1ccc(Cl)cc1C)Cc1cccs1. The minimum Gasteiger partial charge on any atom is -0.325 e. The van der Waals surface area contributed by atoms with Crippen LogP contribution in [0.5, 0.6) is 0 Å². The summed E-state index contributed by atoms with van der Waals surface area (Å²) in [5.74, 6) is -0.00108. The first-order valence-electron chi connectivity index (χ1n) is 6.89. The molecule has 1 aromatic carbocycles. The summed E-state index contributed by atoms with van der Waals surface area (Å²) in [6.45, 7) is 6.03. The second kappa shape index (κ2) is 7.59. The van der Waals surface area contributed by atoms with Crippen LogP contribution < -0.4 is 5.32 Å². The smallest absolute Gasteiger partial charge is 0.238 e. The summed E-state index contributed by atoms with van der Waals surface area (Å²) in [6.07, 6.45) is 0. The number of hydrogen-bond donors (Lipinski definition) is 1. The van der Waals surface area contributed by atoms with E-state index in [0.717, 1.165) is 24.3 Å². The molecule has 1 N–H and O–H groups in total. The minimum atomic E-state index is -0.00108. The van der Waals surface area contributed by atoms with Gasteiger partial charge in [0.1, 0.15) is 0 Å². The number of rotatable bonds is 6. The standard InChI is InChI=1S/C16H19ClN2OS/c1-3-19(10-14-5-4-8-21-14)11-16(20)18-15-7-6-13(17)9-12(15)2/h4-9H,3,10-11H2,1-2H3,(H,18,20). The van der Waals surface area contributed by atoms with E-state index in [2.05, 4.69) is 28.6 Å². The average Bonchev–Trinajstić information content (AvgIpc) is 2.94. The van der Waals surface area contributed by atoms with Gasteiger partial charge < -0.3 is 5.32 Å². The molecule has 0 aliphatic rings. The van der Waals surface area contributed by atoms with E-state index in [-0.39, 0.29) is 5.91 Å². The van der Waals surface area contributed by atoms with E-state index in [1.54, 1.807) is 17.4 Å². The molecule has 0 aliphatic heterocycles. The van der Waals surface area contributed by atoms with E-state index < -0.39 is 0 Å². The fourth-order valence-corrected chi connectivity index (χ4v) is 3.04. The number of anilines is 1. The van der Waals surface area contributed by atoms with E-state index in [0.29, 0.717) is 11.6 Å². The fourth-order valence-electron chi connectivity index (χ4n) is 2.06. The van der Waals surface area contributed by atoms with Gasteiger partial charge in [-0.3, -0.25) is 9.69 Å². The number of carbonyl (C=O) groups is 1. The predicted molar refractivity (Wildman–Crippen MR) is 90.1 cm³/mol. The highest BCUT2D eigenvalue weighted by Crippen LogP contribution is 2.19. The molecule has 0 bridgehead atoms. The van der Waals surface area contributed by atoms with Gasteiger partial charge >= 0.3 is 0 Å². The molecule has 1 heterocycles. The number of amides is 1. The molecule has 5 heteroatoms. The van der Waals surface area contributed by atoms with Crippen LogP contribution in [0.25, 0.3) is 0 Å². The lowest BCUT2D eigenvalue weighted by Crippen LogP contribution is -2.32. The van der Waals surface area contributed by atoms with Gasteiger partial charge in [-0.15, -0.1) is 11.3 Å². The van der Waals surface area contributed by atoms with Crippen LogP contribution in [0.4, 0.5) is 5.69 Å². The molecule has 0 saturated carbocycles. The van der Waals surface area contributed by atoms with Gasteiger partial charge in [-0.1, -0.05) is 24.6 Å². The predicted octanol–water partition coefficient (Wildman–Crippen LogP) is 4.17. The Morgan fingerprint density at radius 2 is 2.19 bits per heavy atom.